The molecule has 1 aromatic carbocycles. The van der Waals surface area contributed by atoms with Crippen LogP contribution in [-0.2, 0) is 0 Å². The molecule has 102 valence electrons. The molecule has 0 saturated heterocycles. The van der Waals surface area contributed by atoms with Gasteiger partial charge in [0, 0.05) is 11.4 Å². The van der Waals surface area contributed by atoms with E-state index in [2.05, 4.69) is 6.07 Å². The van der Waals surface area contributed by atoms with Crippen molar-refractivity contribution < 1.29 is 9.21 Å². The van der Waals surface area contributed by atoms with Crippen LogP contribution in [0.1, 0.15) is 36.0 Å². The number of nitriles is 1. The smallest absolute Gasteiger partial charge is 0.258 e. The van der Waals surface area contributed by atoms with Gasteiger partial charge in [-0.15, -0.1) is 0 Å². The minimum Gasteiger partial charge on any atom is -0.463 e. The number of para-hydroxylation sites is 1. The van der Waals surface area contributed by atoms with Crippen LogP contribution in [0.3, 0.4) is 0 Å². The highest BCUT2D eigenvalue weighted by molar-refractivity contribution is 6.06. The highest BCUT2D eigenvalue weighted by Crippen LogP contribution is 2.27. The lowest BCUT2D eigenvalue weighted by Crippen LogP contribution is -2.39. The molecule has 0 aliphatic heterocycles. The Morgan fingerprint density at radius 1 is 1.35 bits per heavy atom. The number of hydrogen-bond acceptors (Lipinski definition) is 3. The van der Waals surface area contributed by atoms with Crippen LogP contribution in [-0.4, -0.2) is 23.4 Å². The number of hydrogen-bond donors (Lipinski definition) is 0. The molecule has 4 heteroatoms. The third-order valence-corrected chi connectivity index (χ3v) is 3.98. The number of rotatable bonds is 3. The summed E-state index contributed by atoms with van der Waals surface area (Å²) in [5.74, 6) is -0.0941. The first kappa shape index (κ1) is 12.7. The molecule has 1 aliphatic rings. The van der Waals surface area contributed by atoms with Gasteiger partial charge in [0.15, 0.2) is 0 Å². The first-order valence-electron chi connectivity index (χ1n) is 6.95. The molecule has 1 amide bonds. The van der Waals surface area contributed by atoms with Gasteiger partial charge in [0.05, 0.1) is 11.6 Å². The number of carbonyl (C=O) groups excluding carboxylic acids is 1. The van der Waals surface area contributed by atoms with Crippen LogP contribution < -0.4 is 0 Å². The number of benzene rings is 1. The topological polar surface area (TPSA) is 57.2 Å². The van der Waals surface area contributed by atoms with Gasteiger partial charge in [-0.25, -0.2) is 0 Å². The zero-order chi connectivity index (χ0) is 13.9. The first-order valence-corrected chi connectivity index (χ1v) is 6.95. The zero-order valence-corrected chi connectivity index (χ0v) is 11.2. The average molecular weight is 268 g/mol. The van der Waals surface area contributed by atoms with Crippen molar-refractivity contribution in [1.82, 2.24) is 4.90 Å². The van der Waals surface area contributed by atoms with Gasteiger partial charge in [0.25, 0.3) is 5.91 Å². The maximum atomic E-state index is 12.7. The van der Waals surface area contributed by atoms with E-state index in [1.54, 1.807) is 4.90 Å². The van der Waals surface area contributed by atoms with Crippen molar-refractivity contribution in [2.24, 2.45) is 0 Å². The van der Waals surface area contributed by atoms with E-state index >= 15 is 0 Å². The third-order valence-electron chi connectivity index (χ3n) is 3.98. The fourth-order valence-corrected chi connectivity index (χ4v) is 2.96. The Hall–Kier alpha value is -2.28. The van der Waals surface area contributed by atoms with E-state index in [-0.39, 0.29) is 18.5 Å². The van der Waals surface area contributed by atoms with E-state index in [0.717, 1.165) is 31.1 Å². The summed E-state index contributed by atoms with van der Waals surface area (Å²) in [6, 6.07) is 9.79. The summed E-state index contributed by atoms with van der Waals surface area (Å²) in [4.78, 5) is 14.4. The van der Waals surface area contributed by atoms with Gasteiger partial charge in [-0.05, 0) is 18.9 Å². The van der Waals surface area contributed by atoms with Gasteiger partial charge < -0.3 is 9.32 Å². The molecule has 0 radical (unpaired) electrons. The number of amides is 1. The monoisotopic (exact) mass is 268 g/mol. The lowest BCUT2D eigenvalue weighted by atomic mass is 10.1. The van der Waals surface area contributed by atoms with E-state index in [0.29, 0.717) is 11.1 Å². The van der Waals surface area contributed by atoms with E-state index in [9.17, 15) is 4.79 Å². The summed E-state index contributed by atoms with van der Waals surface area (Å²) in [5.41, 5.74) is 1.27. The van der Waals surface area contributed by atoms with Crippen molar-refractivity contribution >= 4 is 16.9 Å². The summed E-state index contributed by atoms with van der Waals surface area (Å²) >= 11 is 0. The lowest BCUT2D eigenvalue weighted by Gasteiger charge is -2.26. The Labute approximate surface area is 117 Å². The van der Waals surface area contributed by atoms with Crippen molar-refractivity contribution in [2.45, 2.75) is 31.7 Å². The molecule has 1 fully saturated rings. The van der Waals surface area contributed by atoms with E-state index in [1.807, 2.05) is 24.3 Å². The maximum Gasteiger partial charge on any atom is 0.258 e. The molecule has 20 heavy (non-hydrogen) atoms. The second-order valence-electron chi connectivity index (χ2n) is 5.17. The summed E-state index contributed by atoms with van der Waals surface area (Å²) < 4.78 is 5.43. The fraction of sp³-hybridized carbons (Fsp3) is 0.375. The average Bonchev–Trinajstić information content (AvgIpc) is 3.13. The second-order valence-corrected chi connectivity index (χ2v) is 5.17. The van der Waals surface area contributed by atoms with Gasteiger partial charge >= 0.3 is 0 Å². The molecule has 4 nitrogen and oxygen atoms in total. The van der Waals surface area contributed by atoms with E-state index < -0.39 is 0 Å². The van der Waals surface area contributed by atoms with Gasteiger partial charge in [0.2, 0.25) is 0 Å². The number of nitrogens with zero attached hydrogens (tertiary/aromatic N) is 2. The number of fused-ring (bicyclic) bond motifs is 1. The molecule has 0 bridgehead atoms. The van der Waals surface area contributed by atoms with Crippen LogP contribution in [0.5, 0.6) is 0 Å². The zero-order valence-electron chi connectivity index (χ0n) is 11.2. The summed E-state index contributed by atoms with van der Waals surface area (Å²) in [6.45, 7) is 0.142. The van der Waals surface area contributed by atoms with Crippen molar-refractivity contribution in [3.05, 3.63) is 36.1 Å². The maximum absolute atomic E-state index is 12.7. The first-order chi connectivity index (χ1) is 9.81. The number of carbonyl (C=O) groups is 1. The lowest BCUT2D eigenvalue weighted by molar-refractivity contribution is 0.0710. The standard InChI is InChI=1S/C16H16N2O2/c17-9-10-18(12-5-1-2-6-12)16(19)14-11-20-15-8-4-3-7-13(14)15/h3-4,7-8,11-12H,1-2,5-6,10H2. The van der Waals surface area contributed by atoms with Gasteiger partial charge in [0.1, 0.15) is 18.4 Å². The Morgan fingerprint density at radius 3 is 2.85 bits per heavy atom. The molecule has 1 heterocycles. The predicted octanol–water partition coefficient (Wildman–Crippen LogP) is 3.34. The normalized spacial score (nSPS) is 15.3. The van der Waals surface area contributed by atoms with Crippen molar-refractivity contribution in [2.75, 3.05) is 6.54 Å². The van der Waals surface area contributed by atoms with Crippen LogP contribution in [0.2, 0.25) is 0 Å². The van der Waals surface area contributed by atoms with Gasteiger partial charge in [-0.1, -0.05) is 31.0 Å². The van der Waals surface area contributed by atoms with Gasteiger partial charge in [-0.2, -0.15) is 5.26 Å². The van der Waals surface area contributed by atoms with Crippen LogP contribution in [0.25, 0.3) is 11.0 Å². The Kier molecular flexibility index (Phi) is 3.42. The van der Waals surface area contributed by atoms with Crippen molar-refractivity contribution in [3.8, 4) is 6.07 Å². The molecule has 0 atom stereocenters. The Balaban J connectivity index is 1.94. The van der Waals surface area contributed by atoms with Crippen molar-refractivity contribution in [1.29, 1.82) is 5.26 Å². The number of furan rings is 1. The van der Waals surface area contributed by atoms with Gasteiger partial charge in [-0.3, -0.25) is 4.79 Å². The minimum atomic E-state index is -0.0941. The van der Waals surface area contributed by atoms with Crippen LogP contribution >= 0.6 is 0 Å². The van der Waals surface area contributed by atoms with Crippen molar-refractivity contribution in [3.63, 3.8) is 0 Å². The SMILES string of the molecule is N#CCN(C(=O)c1coc2ccccc12)C1CCCC1. The molecule has 0 N–H and O–H groups in total. The Bertz CT molecular complexity index is 662. The summed E-state index contributed by atoms with van der Waals surface area (Å²) in [5, 5.41) is 9.81. The summed E-state index contributed by atoms with van der Waals surface area (Å²) in [7, 11) is 0. The van der Waals surface area contributed by atoms with E-state index in [4.69, 9.17) is 9.68 Å². The van der Waals surface area contributed by atoms with E-state index in [1.165, 1.54) is 6.26 Å². The molecule has 1 saturated carbocycles. The molecule has 2 aromatic rings. The second kappa shape index (κ2) is 5.38. The molecule has 1 aromatic heterocycles. The molecular weight excluding hydrogens is 252 g/mol. The van der Waals surface area contributed by atoms with Crippen LogP contribution in [0.4, 0.5) is 0 Å². The quantitative estimate of drug-likeness (QED) is 0.802. The molecular formula is C16H16N2O2. The van der Waals surface area contributed by atoms with Crippen LogP contribution in [0.15, 0.2) is 34.9 Å². The highest BCUT2D eigenvalue weighted by atomic mass is 16.3. The predicted molar refractivity (Wildman–Crippen MR) is 75.1 cm³/mol. The highest BCUT2D eigenvalue weighted by Gasteiger charge is 2.28. The van der Waals surface area contributed by atoms with Crippen LogP contribution in [0, 0.1) is 11.3 Å². The minimum absolute atomic E-state index is 0.0941. The Morgan fingerprint density at radius 2 is 2.10 bits per heavy atom. The molecule has 0 unspecified atom stereocenters. The largest absolute Gasteiger partial charge is 0.463 e. The molecule has 1 aliphatic carbocycles. The summed E-state index contributed by atoms with van der Waals surface area (Å²) in [6.07, 6.45) is 5.75. The fourth-order valence-electron chi connectivity index (χ4n) is 2.96. The molecule has 0 spiro atoms. The third kappa shape index (κ3) is 2.16. The molecule has 3 rings (SSSR count).